The molecule has 0 aromatic carbocycles. The third-order valence-electron chi connectivity index (χ3n) is 12.1. The fraction of sp³-hybridized carbons (Fsp3) is 0.923. The van der Waals surface area contributed by atoms with Crippen LogP contribution in [0, 0.1) is 11.8 Å². The first kappa shape index (κ1) is 48.6. The van der Waals surface area contributed by atoms with E-state index in [1.165, 1.54) is 4.90 Å². The minimum Gasteiger partial charge on any atom is -0.444 e. The number of hydrogen-bond acceptors (Lipinski definition) is 17. The molecule has 0 aromatic rings. The molecule has 19 nitrogen and oxygen atoms in total. The molecule has 4 bridgehead atoms. The molecule has 10 N–H and O–H groups in total. The Morgan fingerprint density at radius 1 is 0.828 bits per heavy atom. The quantitative estimate of drug-likeness (QED) is 0.0368. The number of ether oxygens (including phenoxy) is 3. The number of aliphatic imine (C=N–C) groups is 1. The maximum absolute atomic E-state index is 14.0. The van der Waals surface area contributed by atoms with Gasteiger partial charge >= 0.3 is 6.09 Å². The molecule has 5 rings (SSSR count). The third kappa shape index (κ3) is 12.5. The topological polar surface area (TPSA) is 286 Å². The Kier molecular flexibility index (Phi) is 17.7. The smallest absolute Gasteiger partial charge is 0.411 e. The number of likely N-dealkylation sites (tertiary alicyclic amines) is 1. The fourth-order valence-electron chi connectivity index (χ4n) is 9.76. The molecular weight excluding hydrogens is 764 g/mol. The molecule has 4 aliphatic carbocycles. The van der Waals surface area contributed by atoms with Gasteiger partial charge in [0.05, 0.1) is 62.4 Å². The number of carbonyl (C=O) groups is 2. The molecule has 0 aromatic heterocycles. The van der Waals surface area contributed by atoms with E-state index in [2.05, 4.69) is 4.99 Å². The van der Waals surface area contributed by atoms with Crippen LogP contribution >= 0.6 is 0 Å². The monoisotopic (exact) mass is 834 g/mol. The van der Waals surface area contributed by atoms with Crippen molar-refractivity contribution in [3.63, 3.8) is 0 Å². The van der Waals surface area contributed by atoms with E-state index in [4.69, 9.17) is 24.4 Å². The Morgan fingerprint density at radius 3 is 1.90 bits per heavy atom. The maximum atomic E-state index is 14.0. The number of hydrogen-bond donors (Lipinski definition) is 10. The van der Waals surface area contributed by atoms with Gasteiger partial charge in [0.2, 0.25) is 5.91 Å². The van der Waals surface area contributed by atoms with Crippen LogP contribution in [0.15, 0.2) is 4.99 Å². The minimum absolute atomic E-state index is 0.00409. The van der Waals surface area contributed by atoms with Crippen molar-refractivity contribution >= 4 is 18.2 Å². The van der Waals surface area contributed by atoms with E-state index in [9.17, 15) is 50.4 Å². The Morgan fingerprint density at radius 2 is 1.38 bits per heavy atom. The summed E-state index contributed by atoms with van der Waals surface area (Å²) >= 11 is 0. The molecule has 13 atom stereocenters. The van der Waals surface area contributed by atoms with E-state index in [1.807, 2.05) is 20.8 Å². The highest BCUT2D eigenvalue weighted by Crippen LogP contribution is 2.61. The first-order valence-electron chi connectivity index (χ1n) is 20.6. The van der Waals surface area contributed by atoms with Gasteiger partial charge in [-0.15, -0.1) is 0 Å². The molecule has 3 unspecified atom stereocenters. The summed E-state index contributed by atoms with van der Waals surface area (Å²) in [6, 6.07) is -0.109. The van der Waals surface area contributed by atoms with E-state index in [1.54, 1.807) is 23.1 Å². The van der Waals surface area contributed by atoms with Crippen LogP contribution in [0.25, 0.3) is 0 Å². The van der Waals surface area contributed by atoms with Gasteiger partial charge in [0, 0.05) is 39.4 Å². The van der Waals surface area contributed by atoms with E-state index in [0.717, 1.165) is 44.9 Å². The summed E-state index contributed by atoms with van der Waals surface area (Å²) in [5, 5.41) is 99.9. The molecule has 19 heteroatoms. The van der Waals surface area contributed by atoms with Crippen LogP contribution in [0.4, 0.5) is 4.79 Å². The molecule has 1 saturated heterocycles. The molecule has 0 radical (unpaired) electrons. The Hall–Kier alpha value is -2.11. The second-order valence-electron chi connectivity index (χ2n) is 18.0. The second-order valence-corrected chi connectivity index (χ2v) is 18.0. The van der Waals surface area contributed by atoms with Gasteiger partial charge in [-0.2, -0.15) is 0 Å². The Bertz CT molecular complexity index is 1290. The number of carbonyl (C=O) groups excluding carboxylic acids is 2. The average Bonchev–Trinajstić information content (AvgIpc) is 3.63. The van der Waals surface area contributed by atoms with Crippen LogP contribution in [0.2, 0.25) is 0 Å². The van der Waals surface area contributed by atoms with Gasteiger partial charge in [-0.3, -0.25) is 19.6 Å². The van der Waals surface area contributed by atoms with Crippen molar-refractivity contribution in [2.75, 3.05) is 72.8 Å². The summed E-state index contributed by atoms with van der Waals surface area (Å²) in [6.45, 7) is 3.71. The van der Waals surface area contributed by atoms with Gasteiger partial charge in [-0.25, -0.2) is 4.79 Å². The number of aliphatic hydroxyl groups is 10. The normalized spacial score (nSPS) is 30.0. The van der Waals surface area contributed by atoms with Crippen LogP contribution in [0.1, 0.15) is 72.1 Å². The average molecular weight is 835 g/mol. The first-order chi connectivity index (χ1) is 27.3. The highest BCUT2D eigenvalue weighted by molar-refractivity contribution is 5.86. The largest absolute Gasteiger partial charge is 0.444 e. The van der Waals surface area contributed by atoms with Crippen molar-refractivity contribution in [3.8, 4) is 0 Å². The van der Waals surface area contributed by atoms with Crippen LogP contribution in [0.3, 0.4) is 0 Å². The zero-order valence-corrected chi connectivity index (χ0v) is 34.5. The van der Waals surface area contributed by atoms with Gasteiger partial charge in [-0.1, -0.05) is 0 Å². The van der Waals surface area contributed by atoms with Crippen molar-refractivity contribution < 1.29 is 74.9 Å². The van der Waals surface area contributed by atoms with Crippen LogP contribution < -0.4 is 0 Å². The van der Waals surface area contributed by atoms with Crippen molar-refractivity contribution in [3.05, 3.63) is 0 Å². The lowest BCUT2D eigenvalue weighted by Crippen LogP contribution is -2.68. The summed E-state index contributed by atoms with van der Waals surface area (Å²) in [6.07, 6.45) is -6.83. The van der Waals surface area contributed by atoms with Crippen LogP contribution in [-0.4, -0.2) is 228 Å². The van der Waals surface area contributed by atoms with E-state index >= 15 is 0 Å². The SMILES string of the molecule is CN=C[C@@H]1CCCN1C(=O)CN(C(=O)OC(C)(C)C)C12CC3C[C@H](CC(OCCOCCN(C[C@H](O)[C@@H](O)[C@H](O)[C@H](O)CO)C[C@H](O)[C@@H](O)[C@H](O)[C@H](O)CO)(C3)C1)C2. The van der Waals surface area contributed by atoms with Crippen molar-refractivity contribution in [1.82, 2.24) is 14.7 Å². The number of rotatable bonds is 23. The lowest BCUT2D eigenvalue weighted by molar-refractivity contribution is -0.202. The second kappa shape index (κ2) is 21.1. The molecule has 4 saturated carbocycles. The molecule has 58 heavy (non-hydrogen) atoms. The predicted octanol–water partition coefficient (Wildman–Crippen LogP) is -2.79. The van der Waals surface area contributed by atoms with Gasteiger partial charge in [-0.05, 0) is 84.0 Å². The lowest BCUT2D eigenvalue weighted by Gasteiger charge is -2.64. The predicted molar refractivity (Wildman–Crippen MR) is 208 cm³/mol. The molecule has 5 aliphatic rings. The number of amides is 2. The van der Waals surface area contributed by atoms with Gasteiger partial charge in [0.1, 0.15) is 48.8 Å². The van der Waals surface area contributed by atoms with Crippen LogP contribution in [0.5, 0.6) is 0 Å². The summed E-state index contributed by atoms with van der Waals surface area (Å²) < 4.78 is 18.5. The summed E-state index contributed by atoms with van der Waals surface area (Å²) in [5.41, 5.74) is -1.94. The van der Waals surface area contributed by atoms with E-state index in [-0.39, 0.29) is 44.9 Å². The minimum atomic E-state index is -1.90. The van der Waals surface area contributed by atoms with Crippen molar-refractivity contribution in [2.45, 2.75) is 144 Å². The molecule has 5 fully saturated rings. The molecular formula is C39H70N4O15. The van der Waals surface area contributed by atoms with Crippen molar-refractivity contribution in [1.29, 1.82) is 0 Å². The third-order valence-corrected chi connectivity index (χ3v) is 12.1. The zero-order valence-electron chi connectivity index (χ0n) is 34.5. The van der Waals surface area contributed by atoms with Gasteiger partial charge in [0.15, 0.2) is 0 Å². The molecule has 1 heterocycles. The molecule has 2 amide bonds. The number of nitrogens with zero attached hydrogens (tertiary/aromatic N) is 4. The summed E-state index contributed by atoms with van der Waals surface area (Å²) in [7, 11) is 1.69. The molecule has 336 valence electrons. The van der Waals surface area contributed by atoms with E-state index in [0.29, 0.717) is 24.8 Å². The van der Waals surface area contributed by atoms with Gasteiger partial charge in [0.25, 0.3) is 0 Å². The highest BCUT2D eigenvalue weighted by Gasteiger charge is 2.62. The lowest BCUT2D eigenvalue weighted by atomic mass is 9.50. The van der Waals surface area contributed by atoms with Crippen molar-refractivity contribution in [2.24, 2.45) is 16.8 Å². The maximum Gasteiger partial charge on any atom is 0.411 e. The van der Waals surface area contributed by atoms with Crippen LogP contribution in [-0.2, 0) is 19.0 Å². The molecule has 1 aliphatic heterocycles. The Balaban J connectivity index is 1.40. The highest BCUT2D eigenvalue weighted by atomic mass is 16.6. The Labute approximate surface area is 340 Å². The zero-order chi connectivity index (χ0) is 43.0. The molecule has 0 spiro atoms. The summed E-state index contributed by atoms with van der Waals surface area (Å²) in [4.78, 5) is 36.9. The number of aliphatic hydroxyl groups excluding tert-OH is 10. The standard InChI is InChI=1S/C39H70N4O15/c1-37(2,3)58-36(55)43(20-31(50)42-7-5-6-26(42)17-40-4)38-13-24-12-25(14-38)16-39(15-24,23-38)57-11-10-56-9-8-41(18-27(46)32(51)34(53)29(48)21-44)19-28(47)33(52)35(54)30(49)22-45/h17,24-30,32-35,44-49,51-54H,5-16,18-23H2,1-4H3/t24-,25?,26-,27-,28-,29+,30+,32+,33+,34+,35+,38?,39?/m0/s1. The summed E-state index contributed by atoms with van der Waals surface area (Å²) in [5.74, 6) is 0.448. The first-order valence-corrected chi connectivity index (χ1v) is 20.6. The fourth-order valence-corrected chi connectivity index (χ4v) is 9.76. The van der Waals surface area contributed by atoms with E-state index < -0.39 is 98.0 Å². The van der Waals surface area contributed by atoms with Gasteiger partial charge < -0.3 is 70.2 Å².